The zero-order valence-corrected chi connectivity index (χ0v) is 17.6. The third-order valence-corrected chi connectivity index (χ3v) is 5.67. The molecule has 0 saturated heterocycles. The van der Waals surface area contributed by atoms with Crippen LogP contribution in [-0.4, -0.2) is 34.6 Å². The van der Waals surface area contributed by atoms with Gasteiger partial charge in [-0.15, -0.1) is 0 Å². The van der Waals surface area contributed by atoms with Crippen molar-refractivity contribution in [2.75, 3.05) is 5.32 Å². The van der Waals surface area contributed by atoms with Crippen molar-refractivity contribution in [1.82, 2.24) is 15.6 Å². The highest BCUT2D eigenvalue weighted by Gasteiger charge is 2.46. The Morgan fingerprint density at radius 2 is 1.97 bits per heavy atom. The molecule has 7 nitrogen and oxygen atoms in total. The molecule has 1 aliphatic heterocycles. The number of anilines is 1. The average Bonchev–Trinajstić information content (AvgIpc) is 3.15. The molecule has 10 heteroatoms. The summed E-state index contributed by atoms with van der Waals surface area (Å²) >= 11 is 5.96. The number of rotatable bonds is 5. The lowest BCUT2D eigenvalue weighted by molar-refractivity contribution is -0.131. The van der Waals surface area contributed by atoms with Crippen molar-refractivity contribution in [2.24, 2.45) is 10.9 Å². The first-order chi connectivity index (χ1) is 15.3. The molecule has 2 aliphatic rings. The summed E-state index contributed by atoms with van der Waals surface area (Å²) in [5.74, 6) is -5.06. The van der Waals surface area contributed by atoms with Gasteiger partial charge in [0.15, 0.2) is 0 Å². The smallest absolute Gasteiger partial charge is 0.276 e. The molecule has 0 radical (unpaired) electrons. The number of aromatic nitrogens is 1. The summed E-state index contributed by atoms with van der Waals surface area (Å²) in [7, 11) is 0. The number of nitrogens with one attached hydrogen (secondary N) is 3. The zero-order chi connectivity index (χ0) is 22.8. The number of amides is 2. The molecule has 1 fully saturated rings. The monoisotopic (exact) mass is 459 g/mol. The molecule has 166 valence electrons. The van der Waals surface area contributed by atoms with E-state index in [0.717, 1.165) is 5.56 Å². The van der Waals surface area contributed by atoms with Gasteiger partial charge >= 0.3 is 0 Å². The zero-order valence-electron chi connectivity index (χ0n) is 16.8. The van der Waals surface area contributed by atoms with Crippen LogP contribution in [0.5, 0.6) is 0 Å². The maximum Gasteiger partial charge on any atom is 0.276 e. The normalized spacial score (nSPS) is 23.4. The maximum absolute atomic E-state index is 13.6. The topological polar surface area (TPSA) is 95.5 Å². The molecule has 0 spiro atoms. The minimum Gasteiger partial charge on any atom is -0.355 e. The molecule has 1 aromatic heterocycles. The number of hydrogen-bond acceptors (Lipinski definition) is 5. The number of aliphatic imine (C=N–C) groups is 1. The highest BCUT2D eigenvalue weighted by molar-refractivity contribution is 6.30. The Balaban J connectivity index is 1.57. The van der Waals surface area contributed by atoms with Gasteiger partial charge in [0.2, 0.25) is 17.5 Å². The molecule has 3 N–H and O–H groups in total. The summed E-state index contributed by atoms with van der Waals surface area (Å²) in [5, 5.41) is 8.69. The summed E-state index contributed by atoms with van der Waals surface area (Å²) in [6.07, 6.45) is 6.24. The first kappa shape index (κ1) is 21.9. The quantitative estimate of drug-likeness (QED) is 0.634. The fraction of sp³-hybridized carbons (Fsp3) is 0.273. The number of carbonyl (C=O) groups excluding carboxylic acids is 2. The van der Waals surface area contributed by atoms with E-state index in [4.69, 9.17) is 11.6 Å². The summed E-state index contributed by atoms with van der Waals surface area (Å²) in [4.78, 5) is 34.0. The largest absolute Gasteiger partial charge is 0.355 e. The lowest BCUT2D eigenvalue weighted by Gasteiger charge is -2.32. The number of pyridine rings is 1. The van der Waals surface area contributed by atoms with E-state index in [9.17, 15) is 18.4 Å². The standard InChI is InChI=1S/C22H20ClF2N5O2/c23-16-3-1-14(2-4-16)17-6-8-26-12-18(17)29-20(32)22(13-27-9-10-28-22)30-19(31)15-5-7-21(24,25)11-15/h1-4,6,8-10,12-13,15,28H,5,7,11H2,(H,29,32)(H,30,31). The molecule has 4 rings (SSSR count). The van der Waals surface area contributed by atoms with Crippen LogP contribution in [0.4, 0.5) is 14.5 Å². The SMILES string of the molecule is O=C(NC1(C(=O)Nc2cnccc2-c2ccc(Cl)cc2)C=NC=CN1)C1CCC(F)(F)C1. The molecule has 0 bridgehead atoms. The molecular weight excluding hydrogens is 440 g/mol. The van der Waals surface area contributed by atoms with E-state index in [1.54, 1.807) is 36.5 Å². The van der Waals surface area contributed by atoms with Crippen LogP contribution in [0.1, 0.15) is 19.3 Å². The van der Waals surface area contributed by atoms with Crippen LogP contribution in [0, 0.1) is 5.92 Å². The van der Waals surface area contributed by atoms with Crippen LogP contribution < -0.4 is 16.0 Å². The molecule has 2 heterocycles. The Labute approximate surface area is 188 Å². The molecule has 2 unspecified atom stereocenters. The van der Waals surface area contributed by atoms with Crippen LogP contribution >= 0.6 is 11.6 Å². The second-order valence-electron chi connectivity index (χ2n) is 7.71. The van der Waals surface area contributed by atoms with E-state index in [1.165, 1.54) is 24.8 Å². The van der Waals surface area contributed by atoms with Crippen LogP contribution in [0.2, 0.25) is 5.02 Å². The highest BCUT2D eigenvalue weighted by Crippen LogP contribution is 2.39. The van der Waals surface area contributed by atoms with Crippen molar-refractivity contribution in [2.45, 2.75) is 30.8 Å². The summed E-state index contributed by atoms with van der Waals surface area (Å²) in [5.41, 5.74) is 0.135. The van der Waals surface area contributed by atoms with Gasteiger partial charge in [0.1, 0.15) is 0 Å². The number of halogens is 3. The molecule has 2 atom stereocenters. The molecule has 2 amide bonds. The number of hydrogen-bond donors (Lipinski definition) is 3. The predicted octanol–water partition coefficient (Wildman–Crippen LogP) is 3.73. The summed E-state index contributed by atoms with van der Waals surface area (Å²) in [6.45, 7) is 0. The van der Waals surface area contributed by atoms with Gasteiger partial charge in [-0.3, -0.25) is 19.6 Å². The number of carbonyl (C=O) groups is 2. The second-order valence-corrected chi connectivity index (χ2v) is 8.15. The maximum atomic E-state index is 13.6. The Kier molecular flexibility index (Phi) is 5.92. The highest BCUT2D eigenvalue weighted by atomic mass is 35.5. The Morgan fingerprint density at radius 1 is 1.19 bits per heavy atom. The number of alkyl halides is 2. The van der Waals surface area contributed by atoms with Gasteiger partial charge in [0.05, 0.1) is 18.1 Å². The molecule has 1 aliphatic carbocycles. The van der Waals surface area contributed by atoms with E-state index in [2.05, 4.69) is 25.9 Å². The molecule has 1 saturated carbocycles. The molecule has 1 aromatic carbocycles. The van der Waals surface area contributed by atoms with Crippen LogP contribution in [0.3, 0.4) is 0 Å². The number of benzene rings is 1. The van der Waals surface area contributed by atoms with Gasteiger partial charge in [-0.25, -0.2) is 8.78 Å². The molecule has 2 aromatic rings. The van der Waals surface area contributed by atoms with E-state index in [0.29, 0.717) is 16.3 Å². The lowest BCUT2D eigenvalue weighted by atomic mass is 10.0. The Bertz CT molecular complexity index is 1090. The molecular formula is C22H20ClF2N5O2. The first-order valence-corrected chi connectivity index (χ1v) is 10.3. The third kappa shape index (κ3) is 4.62. The van der Waals surface area contributed by atoms with Crippen molar-refractivity contribution in [1.29, 1.82) is 0 Å². The fourth-order valence-corrected chi connectivity index (χ4v) is 3.85. The van der Waals surface area contributed by atoms with Gasteiger partial charge in [-0.2, -0.15) is 0 Å². The van der Waals surface area contributed by atoms with E-state index in [1.807, 2.05) is 0 Å². The van der Waals surface area contributed by atoms with Gasteiger partial charge in [0.25, 0.3) is 5.91 Å². The first-order valence-electron chi connectivity index (χ1n) is 9.96. The minimum absolute atomic E-state index is 0.0484. The van der Waals surface area contributed by atoms with Gasteiger partial charge < -0.3 is 16.0 Å². The lowest BCUT2D eigenvalue weighted by Crippen LogP contribution is -2.67. The van der Waals surface area contributed by atoms with E-state index in [-0.39, 0.29) is 12.8 Å². The minimum atomic E-state index is -2.88. The number of nitrogens with zero attached hydrogens (tertiary/aromatic N) is 2. The van der Waals surface area contributed by atoms with Gasteiger partial charge in [-0.05, 0) is 30.2 Å². The average molecular weight is 460 g/mol. The van der Waals surface area contributed by atoms with E-state index < -0.39 is 35.7 Å². The van der Waals surface area contributed by atoms with E-state index >= 15 is 0 Å². The summed E-state index contributed by atoms with van der Waals surface area (Å²) in [6, 6.07) is 8.78. The van der Waals surface area contributed by atoms with Crippen molar-refractivity contribution >= 4 is 35.3 Å². The van der Waals surface area contributed by atoms with Crippen molar-refractivity contribution in [3.05, 3.63) is 60.1 Å². The Hall–Kier alpha value is -3.33. The molecule has 32 heavy (non-hydrogen) atoms. The second kappa shape index (κ2) is 8.66. The summed E-state index contributed by atoms with van der Waals surface area (Å²) < 4.78 is 27.2. The van der Waals surface area contributed by atoms with Crippen LogP contribution in [-0.2, 0) is 9.59 Å². The van der Waals surface area contributed by atoms with Crippen LogP contribution in [0.15, 0.2) is 60.1 Å². The van der Waals surface area contributed by atoms with Gasteiger partial charge in [-0.1, -0.05) is 23.7 Å². The third-order valence-electron chi connectivity index (χ3n) is 5.42. The van der Waals surface area contributed by atoms with Crippen LogP contribution in [0.25, 0.3) is 11.1 Å². The van der Waals surface area contributed by atoms with Crippen molar-refractivity contribution in [3.8, 4) is 11.1 Å². The van der Waals surface area contributed by atoms with Crippen molar-refractivity contribution in [3.63, 3.8) is 0 Å². The Morgan fingerprint density at radius 3 is 2.62 bits per heavy atom. The van der Waals surface area contributed by atoms with Gasteiger partial charge in [0, 0.05) is 47.9 Å². The predicted molar refractivity (Wildman–Crippen MR) is 117 cm³/mol. The fourth-order valence-electron chi connectivity index (χ4n) is 3.72. The van der Waals surface area contributed by atoms with Crippen molar-refractivity contribution < 1.29 is 18.4 Å².